The van der Waals surface area contributed by atoms with E-state index in [4.69, 9.17) is 15.0 Å². The minimum Gasteiger partial charge on any atom is -0.497 e. The van der Waals surface area contributed by atoms with E-state index in [-0.39, 0.29) is 11.7 Å². The fourth-order valence-corrected chi connectivity index (χ4v) is 3.69. The monoisotopic (exact) mass is 391 g/mol. The van der Waals surface area contributed by atoms with Crippen LogP contribution in [0.3, 0.4) is 0 Å². The SMILES string of the molecule is COc1ccc2c(-c3ccccc3)cc(SCC(=O)N(C)CCC#N)nc2c1. The van der Waals surface area contributed by atoms with Crippen LogP contribution < -0.4 is 4.74 Å². The van der Waals surface area contributed by atoms with Crippen LogP contribution in [0.5, 0.6) is 5.75 Å². The lowest BCUT2D eigenvalue weighted by Crippen LogP contribution is -2.29. The van der Waals surface area contributed by atoms with Crippen molar-refractivity contribution in [1.82, 2.24) is 9.88 Å². The molecule has 0 atom stereocenters. The number of fused-ring (bicyclic) bond motifs is 1. The molecule has 1 aromatic heterocycles. The number of thioether (sulfide) groups is 1. The van der Waals surface area contributed by atoms with E-state index < -0.39 is 0 Å². The molecule has 0 unspecified atom stereocenters. The summed E-state index contributed by atoms with van der Waals surface area (Å²) in [6.45, 7) is 0.438. The van der Waals surface area contributed by atoms with Crippen LogP contribution in [0.2, 0.25) is 0 Å². The zero-order valence-electron chi connectivity index (χ0n) is 15.9. The highest BCUT2D eigenvalue weighted by molar-refractivity contribution is 7.99. The summed E-state index contributed by atoms with van der Waals surface area (Å²) >= 11 is 1.40. The zero-order chi connectivity index (χ0) is 19.9. The Hall–Kier alpha value is -3.04. The van der Waals surface area contributed by atoms with Crippen LogP contribution in [-0.2, 0) is 4.79 Å². The molecule has 0 saturated heterocycles. The third-order valence-electron chi connectivity index (χ3n) is 4.41. The fraction of sp³-hybridized carbons (Fsp3) is 0.227. The highest BCUT2D eigenvalue weighted by Crippen LogP contribution is 2.33. The lowest BCUT2D eigenvalue weighted by atomic mass is 10.0. The molecule has 5 nitrogen and oxygen atoms in total. The van der Waals surface area contributed by atoms with Gasteiger partial charge in [0.2, 0.25) is 5.91 Å². The van der Waals surface area contributed by atoms with Gasteiger partial charge in [0.15, 0.2) is 0 Å². The Kier molecular flexibility index (Phi) is 6.51. The quantitative estimate of drug-likeness (QED) is 0.559. The number of methoxy groups -OCH3 is 1. The molecular weight excluding hydrogens is 370 g/mol. The van der Waals surface area contributed by atoms with E-state index in [9.17, 15) is 4.79 Å². The second-order valence-electron chi connectivity index (χ2n) is 6.27. The number of hydrogen-bond acceptors (Lipinski definition) is 5. The summed E-state index contributed by atoms with van der Waals surface area (Å²) in [5.41, 5.74) is 2.99. The molecule has 3 aromatic rings. The first kappa shape index (κ1) is 19.7. The molecule has 0 bridgehead atoms. The second-order valence-corrected chi connectivity index (χ2v) is 7.26. The maximum absolute atomic E-state index is 12.3. The molecule has 1 heterocycles. The molecule has 0 aliphatic heterocycles. The van der Waals surface area contributed by atoms with Crippen LogP contribution in [0.15, 0.2) is 59.6 Å². The summed E-state index contributed by atoms with van der Waals surface area (Å²) < 4.78 is 5.34. The van der Waals surface area contributed by atoms with Gasteiger partial charge in [0.05, 0.1) is 35.9 Å². The van der Waals surface area contributed by atoms with Gasteiger partial charge in [-0.05, 0) is 29.3 Å². The number of carbonyl (C=O) groups excluding carboxylic acids is 1. The number of pyridine rings is 1. The molecule has 28 heavy (non-hydrogen) atoms. The van der Waals surface area contributed by atoms with Gasteiger partial charge in [0.1, 0.15) is 5.75 Å². The van der Waals surface area contributed by atoms with Crippen LogP contribution >= 0.6 is 11.8 Å². The largest absolute Gasteiger partial charge is 0.497 e. The third kappa shape index (κ3) is 4.62. The average molecular weight is 391 g/mol. The minimum absolute atomic E-state index is 0.0194. The van der Waals surface area contributed by atoms with Crippen LogP contribution in [-0.4, -0.2) is 42.2 Å². The normalized spacial score (nSPS) is 10.5. The Labute approximate surface area is 168 Å². The highest BCUT2D eigenvalue weighted by Gasteiger charge is 2.13. The Bertz CT molecular complexity index is 1020. The predicted molar refractivity (Wildman–Crippen MR) is 112 cm³/mol. The van der Waals surface area contributed by atoms with Gasteiger partial charge in [-0.1, -0.05) is 42.1 Å². The lowest BCUT2D eigenvalue weighted by molar-refractivity contribution is -0.127. The van der Waals surface area contributed by atoms with Crippen molar-refractivity contribution >= 4 is 28.6 Å². The second kappa shape index (κ2) is 9.25. The molecule has 0 spiro atoms. The fourth-order valence-electron chi connectivity index (χ4n) is 2.83. The number of ether oxygens (including phenoxy) is 1. The van der Waals surface area contributed by atoms with Gasteiger partial charge in [-0.15, -0.1) is 0 Å². The van der Waals surface area contributed by atoms with Gasteiger partial charge in [-0.3, -0.25) is 4.79 Å². The molecule has 0 fully saturated rings. The van der Waals surface area contributed by atoms with E-state index >= 15 is 0 Å². The maximum Gasteiger partial charge on any atom is 0.232 e. The van der Waals surface area contributed by atoms with Gasteiger partial charge >= 0.3 is 0 Å². The predicted octanol–water partition coefficient (Wildman–Crippen LogP) is 4.37. The van der Waals surface area contributed by atoms with Crippen molar-refractivity contribution in [2.75, 3.05) is 26.5 Å². The Morgan fingerprint density at radius 3 is 2.71 bits per heavy atom. The summed E-state index contributed by atoms with van der Waals surface area (Å²) in [5, 5.41) is 10.5. The molecule has 3 rings (SSSR count). The van der Waals surface area contributed by atoms with Crippen molar-refractivity contribution in [2.24, 2.45) is 0 Å². The number of carbonyl (C=O) groups is 1. The molecule has 142 valence electrons. The van der Waals surface area contributed by atoms with Crippen LogP contribution in [0.25, 0.3) is 22.0 Å². The van der Waals surface area contributed by atoms with Gasteiger partial charge in [0.25, 0.3) is 0 Å². The first-order valence-corrected chi connectivity index (χ1v) is 9.89. The topological polar surface area (TPSA) is 66.2 Å². The summed E-state index contributed by atoms with van der Waals surface area (Å²) in [7, 11) is 3.35. The van der Waals surface area contributed by atoms with Crippen molar-refractivity contribution in [2.45, 2.75) is 11.4 Å². The average Bonchev–Trinajstić information content (AvgIpc) is 2.75. The number of nitrogens with zero attached hydrogens (tertiary/aromatic N) is 3. The first-order chi connectivity index (χ1) is 13.6. The van der Waals surface area contributed by atoms with Gasteiger partial charge < -0.3 is 9.64 Å². The number of aromatic nitrogens is 1. The van der Waals surface area contributed by atoms with E-state index in [2.05, 4.69) is 18.2 Å². The van der Waals surface area contributed by atoms with Crippen LogP contribution in [0.1, 0.15) is 6.42 Å². The van der Waals surface area contributed by atoms with E-state index in [1.807, 2.05) is 42.5 Å². The number of rotatable bonds is 7. The van der Waals surface area contributed by atoms with Gasteiger partial charge in [0, 0.05) is 25.0 Å². The Morgan fingerprint density at radius 2 is 2.00 bits per heavy atom. The van der Waals surface area contributed by atoms with Crippen molar-refractivity contribution in [1.29, 1.82) is 5.26 Å². The van der Waals surface area contributed by atoms with Crippen molar-refractivity contribution in [3.8, 4) is 22.9 Å². The van der Waals surface area contributed by atoms with Gasteiger partial charge in [-0.2, -0.15) is 5.26 Å². The Balaban J connectivity index is 1.92. The Morgan fingerprint density at radius 1 is 1.21 bits per heavy atom. The van der Waals surface area contributed by atoms with E-state index in [1.54, 1.807) is 19.1 Å². The van der Waals surface area contributed by atoms with Crippen molar-refractivity contribution < 1.29 is 9.53 Å². The van der Waals surface area contributed by atoms with E-state index in [1.165, 1.54) is 11.8 Å². The molecule has 6 heteroatoms. The molecule has 1 amide bonds. The minimum atomic E-state index is -0.0194. The molecule has 0 N–H and O–H groups in total. The molecule has 0 radical (unpaired) electrons. The number of hydrogen-bond donors (Lipinski definition) is 0. The van der Waals surface area contributed by atoms with Crippen LogP contribution in [0, 0.1) is 11.3 Å². The molecule has 0 aliphatic carbocycles. The van der Waals surface area contributed by atoms with Crippen LogP contribution in [0.4, 0.5) is 0 Å². The number of benzene rings is 2. The third-order valence-corrected chi connectivity index (χ3v) is 5.30. The maximum atomic E-state index is 12.3. The molecular formula is C22H21N3O2S. The number of nitriles is 1. The summed E-state index contributed by atoms with van der Waals surface area (Å²) in [4.78, 5) is 18.6. The summed E-state index contributed by atoms with van der Waals surface area (Å²) in [6, 6.07) is 20.1. The number of amides is 1. The van der Waals surface area contributed by atoms with E-state index in [0.717, 1.165) is 32.8 Å². The molecule has 0 aliphatic rings. The van der Waals surface area contributed by atoms with Crippen molar-refractivity contribution in [3.05, 3.63) is 54.6 Å². The smallest absolute Gasteiger partial charge is 0.232 e. The molecule has 2 aromatic carbocycles. The van der Waals surface area contributed by atoms with E-state index in [0.29, 0.717) is 13.0 Å². The zero-order valence-corrected chi connectivity index (χ0v) is 16.7. The first-order valence-electron chi connectivity index (χ1n) is 8.90. The van der Waals surface area contributed by atoms with Crippen molar-refractivity contribution in [3.63, 3.8) is 0 Å². The molecule has 0 saturated carbocycles. The summed E-state index contributed by atoms with van der Waals surface area (Å²) in [5.74, 6) is 1.00. The van der Waals surface area contributed by atoms with Gasteiger partial charge in [-0.25, -0.2) is 4.98 Å². The summed E-state index contributed by atoms with van der Waals surface area (Å²) in [6.07, 6.45) is 0.332. The highest BCUT2D eigenvalue weighted by atomic mass is 32.2. The standard InChI is InChI=1S/C22H21N3O2S/c1-25(12-6-11-23)22(26)15-28-21-14-19(16-7-4-3-5-8-16)18-10-9-17(27-2)13-20(18)24-21/h3-5,7-10,13-14H,6,12,15H2,1-2H3. The lowest BCUT2D eigenvalue weighted by Gasteiger charge is -2.15.